The van der Waals surface area contributed by atoms with Crippen LogP contribution in [-0.2, 0) is 9.59 Å². The Balaban J connectivity index is 2.45. The quantitative estimate of drug-likeness (QED) is 0.701. The normalized spacial score (nSPS) is 32.3. The summed E-state index contributed by atoms with van der Waals surface area (Å²) in [5.41, 5.74) is -0.588. The van der Waals surface area contributed by atoms with E-state index in [-0.39, 0.29) is 11.9 Å². The molecule has 0 spiro atoms. The van der Waals surface area contributed by atoms with Crippen LogP contribution in [0.1, 0.15) is 39.5 Å². The lowest BCUT2D eigenvalue weighted by atomic mass is 9.74. The molecule has 1 saturated carbocycles. The molecule has 80 valence electrons. The highest BCUT2D eigenvalue weighted by Gasteiger charge is 2.37. The topological polar surface area (TPSA) is 66.4 Å². The molecule has 1 aliphatic rings. The van der Waals surface area contributed by atoms with Crippen LogP contribution in [0.15, 0.2) is 0 Å². The van der Waals surface area contributed by atoms with Crippen LogP contribution in [0.3, 0.4) is 0 Å². The Hall–Kier alpha value is -1.06. The third kappa shape index (κ3) is 2.47. The summed E-state index contributed by atoms with van der Waals surface area (Å²) in [6, 6.07) is 0.167. The van der Waals surface area contributed by atoms with Gasteiger partial charge in [0.2, 0.25) is 5.91 Å². The molecule has 0 aromatic heterocycles. The molecule has 0 saturated heterocycles. The van der Waals surface area contributed by atoms with Gasteiger partial charge in [-0.25, -0.2) is 0 Å². The number of aliphatic carboxylic acids is 1. The maximum Gasteiger partial charge on any atom is 0.309 e. The molecule has 1 amide bonds. The fraction of sp³-hybridized carbons (Fsp3) is 0.800. The van der Waals surface area contributed by atoms with Crippen molar-refractivity contribution in [3.8, 4) is 0 Å². The Morgan fingerprint density at radius 3 is 2.21 bits per heavy atom. The van der Waals surface area contributed by atoms with Crippen LogP contribution in [-0.4, -0.2) is 23.0 Å². The molecule has 1 rings (SSSR count). The van der Waals surface area contributed by atoms with Crippen molar-refractivity contribution in [1.29, 1.82) is 0 Å². The first-order chi connectivity index (χ1) is 6.44. The van der Waals surface area contributed by atoms with Gasteiger partial charge in [0.1, 0.15) is 0 Å². The van der Waals surface area contributed by atoms with Crippen LogP contribution in [0.2, 0.25) is 0 Å². The van der Waals surface area contributed by atoms with Gasteiger partial charge >= 0.3 is 5.97 Å². The molecular formula is C10H17NO3. The van der Waals surface area contributed by atoms with Crippen molar-refractivity contribution < 1.29 is 14.7 Å². The molecule has 0 aromatic carbocycles. The fourth-order valence-corrected chi connectivity index (χ4v) is 1.90. The van der Waals surface area contributed by atoms with Gasteiger partial charge in [-0.3, -0.25) is 9.59 Å². The minimum atomic E-state index is -0.723. The molecule has 2 N–H and O–H groups in total. The van der Waals surface area contributed by atoms with Crippen molar-refractivity contribution in [2.45, 2.75) is 45.6 Å². The Labute approximate surface area is 83.7 Å². The van der Waals surface area contributed by atoms with E-state index in [1.54, 1.807) is 6.92 Å². The molecule has 0 bridgehead atoms. The number of carbonyl (C=O) groups is 2. The maximum absolute atomic E-state index is 10.9. The Morgan fingerprint density at radius 1 is 1.36 bits per heavy atom. The zero-order chi connectivity index (χ0) is 10.8. The molecular weight excluding hydrogens is 182 g/mol. The minimum Gasteiger partial charge on any atom is -0.481 e. The predicted octanol–water partition coefficient (Wildman–Crippen LogP) is 1.16. The van der Waals surface area contributed by atoms with Crippen molar-refractivity contribution in [2.24, 2.45) is 5.41 Å². The third-order valence-corrected chi connectivity index (χ3v) is 3.01. The van der Waals surface area contributed by atoms with E-state index < -0.39 is 11.4 Å². The average Bonchev–Trinajstić information content (AvgIpc) is 2.08. The molecule has 0 atom stereocenters. The number of rotatable bonds is 2. The van der Waals surface area contributed by atoms with E-state index in [2.05, 4.69) is 5.32 Å². The van der Waals surface area contributed by atoms with Gasteiger partial charge in [-0.1, -0.05) is 0 Å². The highest BCUT2D eigenvalue weighted by Crippen LogP contribution is 2.35. The summed E-state index contributed by atoms with van der Waals surface area (Å²) in [4.78, 5) is 21.7. The number of amides is 1. The van der Waals surface area contributed by atoms with Crippen LogP contribution in [0.25, 0.3) is 0 Å². The summed E-state index contributed by atoms with van der Waals surface area (Å²) >= 11 is 0. The summed E-state index contributed by atoms with van der Waals surface area (Å²) < 4.78 is 0. The second kappa shape index (κ2) is 3.98. The van der Waals surface area contributed by atoms with E-state index >= 15 is 0 Å². The molecule has 0 aromatic rings. The number of nitrogens with one attached hydrogen (secondary N) is 1. The first kappa shape index (κ1) is 11.0. The van der Waals surface area contributed by atoms with E-state index in [1.807, 2.05) is 0 Å². The van der Waals surface area contributed by atoms with Gasteiger partial charge in [-0.15, -0.1) is 0 Å². The van der Waals surface area contributed by atoms with Gasteiger partial charge < -0.3 is 10.4 Å². The summed E-state index contributed by atoms with van der Waals surface area (Å²) in [5, 5.41) is 11.8. The van der Waals surface area contributed by atoms with Crippen molar-refractivity contribution >= 4 is 11.9 Å². The third-order valence-electron chi connectivity index (χ3n) is 3.01. The number of hydrogen-bond acceptors (Lipinski definition) is 2. The van der Waals surface area contributed by atoms with Gasteiger partial charge in [0.15, 0.2) is 0 Å². The molecule has 4 nitrogen and oxygen atoms in total. The summed E-state index contributed by atoms with van der Waals surface area (Å²) in [5.74, 6) is -0.757. The van der Waals surface area contributed by atoms with Gasteiger partial charge in [0, 0.05) is 13.0 Å². The Kier molecular flexibility index (Phi) is 3.13. The molecule has 14 heavy (non-hydrogen) atoms. The lowest BCUT2D eigenvalue weighted by molar-refractivity contribution is -0.150. The highest BCUT2D eigenvalue weighted by molar-refractivity contribution is 5.75. The number of hydrogen-bond donors (Lipinski definition) is 2. The van der Waals surface area contributed by atoms with Gasteiger partial charge in [0.05, 0.1) is 5.41 Å². The zero-order valence-corrected chi connectivity index (χ0v) is 8.67. The second-order valence-electron chi connectivity index (χ2n) is 4.34. The molecule has 1 fully saturated rings. The van der Waals surface area contributed by atoms with E-state index in [1.165, 1.54) is 6.92 Å². The second-order valence-corrected chi connectivity index (χ2v) is 4.34. The summed E-state index contributed by atoms with van der Waals surface area (Å²) in [7, 11) is 0. The van der Waals surface area contributed by atoms with Crippen molar-refractivity contribution in [3.05, 3.63) is 0 Å². The molecule has 0 unspecified atom stereocenters. The monoisotopic (exact) mass is 199 g/mol. The fourth-order valence-electron chi connectivity index (χ4n) is 1.90. The SMILES string of the molecule is CC(=O)NC1CCC(C)(C(=O)O)CC1. The first-order valence-corrected chi connectivity index (χ1v) is 4.94. The van der Waals surface area contributed by atoms with Crippen molar-refractivity contribution in [2.75, 3.05) is 0 Å². The van der Waals surface area contributed by atoms with E-state index in [0.717, 1.165) is 12.8 Å². The minimum absolute atomic E-state index is 0.0334. The zero-order valence-electron chi connectivity index (χ0n) is 8.67. The van der Waals surface area contributed by atoms with Gasteiger partial charge in [-0.2, -0.15) is 0 Å². The molecule has 0 radical (unpaired) electrons. The lowest BCUT2D eigenvalue weighted by Gasteiger charge is -2.33. The van der Waals surface area contributed by atoms with E-state index in [0.29, 0.717) is 12.8 Å². The van der Waals surface area contributed by atoms with Crippen molar-refractivity contribution in [3.63, 3.8) is 0 Å². The molecule has 0 aliphatic heterocycles. The highest BCUT2D eigenvalue weighted by atomic mass is 16.4. The molecule has 4 heteroatoms. The van der Waals surface area contributed by atoms with Gasteiger partial charge in [0.25, 0.3) is 0 Å². The average molecular weight is 199 g/mol. The van der Waals surface area contributed by atoms with Crippen LogP contribution >= 0.6 is 0 Å². The predicted molar refractivity (Wildman–Crippen MR) is 51.8 cm³/mol. The van der Waals surface area contributed by atoms with Crippen LogP contribution < -0.4 is 5.32 Å². The summed E-state index contributed by atoms with van der Waals surface area (Å²) in [6.45, 7) is 3.27. The van der Waals surface area contributed by atoms with Gasteiger partial charge in [-0.05, 0) is 32.6 Å². The Bertz CT molecular complexity index is 242. The van der Waals surface area contributed by atoms with E-state index in [4.69, 9.17) is 5.11 Å². The van der Waals surface area contributed by atoms with Crippen LogP contribution in [0, 0.1) is 5.41 Å². The Morgan fingerprint density at radius 2 is 1.86 bits per heavy atom. The standard InChI is InChI=1S/C10H17NO3/c1-7(12)11-8-3-5-10(2,6-4-8)9(13)14/h8H,3-6H2,1-2H3,(H,11,12)(H,13,14). The largest absolute Gasteiger partial charge is 0.481 e. The maximum atomic E-state index is 10.9. The molecule has 0 heterocycles. The number of carboxylic acids is 1. The lowest BCUT2D eigenvalue weighted by Crippen LogP contribution is -2.41. The molecule has 1 aliphatic carbocycles. The van der Waals surface area contributed by atoms with Crippen LogP contribution in [0.4, 0.5) is 0 Å². The van der Waals surface area contributed by atoms with E-state index in [9.17, 15) is 9.59 Å². The van der Waals surface area contributed by atoms with Crippen LogP contribution in [0.5, 0.6) is 0 Å². The first-order valence-electron chi connectivity index (χ1n) is 4.94. The number of carbonyl (C=O) groups excluding carboxylic acids is 1. The summed E-state index contributed by atoms with van der Waals surface area (Å²) in [6.07, 6.45) is 2.82. The number of carboxylic acid groups (broad SMARTS) is 1. The smallest absolute Gasteiger partial charge is 0.309 e. The van der Waals surface area contributed by atoms with Crippen molar-refractivity contribution in [1.82, 2.24) is 5.32 Å².